The van der Waals surface area contributed by atoms with Crippen LogP contribution in [0.5, 0.6) is 0 Å². The van der Waals surface area contributed by atoms with E-state index in [1.54, 1.807) is 11.3 Å². The number of nitrogens with zero attached hydrogens (tertiary/aromatic N) is 1. The molecule has 2 N–H and O–H groups in total. The van der Waals surface area contributed by atoms with Crippen molar-refractivity contribution in [3.05, 3.63) is 48.5 Å². The second-order valence-electron chi connectivity index (χ2n) is 6.05. The van der Waals surface area contributed by atoms with E-state index < -0.39 is 0 Å². The van der Waals surface area contributed by atoms with Crippen LogP contribution in [0.2, 0.25) is 0 Å². The van der Waals surface area contributed by atoms with Gasteiger partial charge in [-0.15, -0.1) is 11.3 Å². The van der Waals surface area contributed by atoms with Gasteiger partial charge in [-0.05, 0) is 50.2 Å². The van der Waals surface area contributed by atoms with Crippen molar-refractivity contribution in [2.24, 2.45) is 5.92 Å². The van der Waals surface area contributed by atoms with Gasteiger partial charge in [0.1, 0.15) is 5.01 Å². The number of fused-ring (bicyclic) bond motifs is 1. The fraction of sp³-hybridized carbons (Fsp3) is 0.263. The summed E-state index contributed by atoms with van der Waals surface area (Å²) < 4.78 is 1.16. The van der Waals surface area contributed by atoms with Gasteiger partial charge in [-0.3, -0.25) is 4.79 Å². The number of piperidine rings is 1. The van der Waals surface area contributed by atoms with Gasteiger partial charge in [0.15, 0.2) is 0 Å². The molecule has 0 saturated carbocycles. The lowest BCUT2D eigenvalue weighted by Crippen LogP contribution is -2.34. The van der Waals surface area contributed by atoms with Crippen LogP contribution in [-0.4, -0.2) is 24.0 Å². The van der Waals surface area contributed by atoms with Crippen molar-refractivity contribution in [1.29, 1.82) is 0 Å². The maximum atomic E-state index is 12.6. The minimum atomic E-state index is 0.0923. The van der Waals surface area contributed by atoms with Crippen molar-refractivity contribution in [2.45, 2.75) is 12.8 Å². The normalized spacial score (nSPS) is 15.5. The number of anilines is 1. The van der Waals surface area contributed by atoms with Gasteiger partial charge in [0, 0.05) is 11.5 Å². The third-order valence-electron chi connectivity index (χ3n) is 4.42. The van der Waals surface area contributed by atoms with E-state index in [2.05, 4.69) is 16.7 Å². The molecular formula is C19H19N3OS. The number of rotatable bonds is 3. The molecule has 4 rings (SSSR count). The molecule has 1 amide bonds. The summed E-state index contributed by atoms with van der Waals surface area (Å²) in [7, 11) is 0. The molecule has 1 saturated heterocycles. The Labute approximate surface area is 144 Å². The highest BCUT2D eigenvalue weighted by atomic mass is 32.1. The molecule has 1 aliphatic heterocycles. The molecule has 4 nitrogen and oxygen atoms in total. The molecule has 0 atom stereocenters. The molecule has 3 aromatic rings. The minimum absolute atomic E-state index is 0.0923. The SMILES string of the molecule is O=C(Nc1ccccc1-c1nc2ccccc2s1)C1CCNCC1. The van der Waals surface area contributed by atoms with Crippen LogP contribution in [0.25, 0.3) is 20.8 Å². The van der Waals surface area contributed by atoms with Gasteiger partial charge < -0.3 is 10.6 Å². The molecule has 1 fully saturated rings. The lowest BCUT2D eigenvalue weighted by atomic mass is 9.97. The van der Waals surface area contributed by atoms with Crippen LogP contribution in [-0.2, 0) is 4.79 Å². The Morgan fingerprint density at radius 3 is 2.67 bits per heavy atom. The van der Waals surface area contributed by atoms with Gasteiger partial charge in [-0.1, -0.05) is 24.3 Å². The highest BCUT2D eigenvalue weighted by Crippen LogP contribution is 2.34. The van der Waals surface area contributed by atoms with E-state index in [9.17, 15) is 4.79 Å². The average molecular weight is 337 g/mol. The van der Waals surface area contributed by atoms with Crippen molar-refractivity contribution in [3.63, 3.8) is 0 Å². The minimum Gasteiger partial charge on any atom is -0.325 e. The summed E-state index contributed by atoms with van der Waals surface area (Å²) >= 11 is 1.65. The lowest BCUT2D eigenvalue weighted by Gasteiger charge is -2.22. The summed E-state index contributed by atoms with van der Waals surface area (Å²) in [6, 6.07) is 16.0. The highest BCUT2D eigenvalue weighted by molar-refractivity contribution is 7.21. The van der Waals surface area contributed by atoms with Crippen molar-refractivity contribution in [1.82, 2.24) is 10.3 Å². The summed E-state index contributed by atoms with van der Waals surface area (Å²) in [5.41, 5.74) is 2.83. The monoisotopic (exact) mass is 337 g/mol. The van der Waals surface area contributed by atoms with Crippen molar-refractivity contribution < 1.29 is 4.79 Å². The number of benzene rings is 2. The van der Waals surface area contributed by atoms with E-state index >= 15 is 0 Å². The molecule has 0 unspecified atom stereocenters. The van der Waals surface area contributed by atoms with E-state index in [1.165, 1.54) is 0 Å². The number of hydrogen-bond donors (Lipinski definition) is 2. The van der Waals surface area contributed by atoms with Crippen LogP contribution in [0.4, 0.5) is 5.69 Å². The molecule has 2 heterocycles. The molecule has 0 radical (unpaired) electrons. The van der Waals surface area contributed by atoms with E-state index in [1.807, 2.05) is 42.5 Å². The number of hydrogen-bond acceptors (Lipinski definition) is 4. The van der Waals surface area contributed by atoms with Crippen molar-refractivity contribution >= 4 is 33.1 Å². The second kappa shape index (κ2) is 6.71. The number of para-hydroxylation sites is 2. The molecule has 122 valence electrons. The Morgan fingerprint density at radius 2 is 1.83 bits per heavy atom. The number of amides is 1. The molecule has 2 aromatic carbocycles. The topological polar surface area (TPSA) is 54.0 Å². The maximum Gasteiger partial charge on any atom is 0.227 e. The molecule has 5 heteroatoms. The first kappa shape index (κ1) is 15.3. The van der Waals surface area contributed by atoms with Gasteiger partial charge in [-0.25, -0.2) is 4.98 Å². The summed E-state index contributed by atoms with van der Waals surface area (Å²) in [6.45, 7) is 1.83. The second-order valence-corrected chi connectivity index (χ2v) is 7.08. The predicted octanol–water partition coefficient (Wildman–Crippen LogP) is 3.90. The number of carbonyl (C=O) groups is 1. The average Bonchev–Trinajstić information content (AvgIpc) is 3.07. The van der Waals surface area contributed by atoms with Crippen molar-refractivity contribution in [2.75, 3.05) is 18.4 Å². The van der Waals surface area contributed by atoms with Crippen LogP contribution in [0.15, 0.2) is 48.5 Å². The van der Waals surface area contributed by atoms with Gasteiger partial charge in [0.2, 0.25) is 5.91 Å². The Bertz CT molecular complexity index is 835. The quantitative estimate of drug-likeness (QED) is 0.762. The first-order valence-electron chi connectivity index (χ1n) is 8.28. The standard InChI is InChI=1S/C19H19N3OS/c23-18(13-9-11-20-12-10-13)21-15-6-2-1-5-14(15)19-22-16-7-3-4-8-17(16)24-19/h1-8,13,20H,9-12H2,(H,21,23). The van der Waals surface area contributed by atoms with Gasteiger partial charge >= 0.3 is 0 Å². The summed E-state index contributed by atoms with van der Waals surface area (Å²) in [4.78, 5) is 17.3. The number of nitrogens with one attached hydrogen (secondary N) is 2. The van der Waals surface area contributed by atoms with Gasteiger partial charge in [0.05, 0.1) is 15.9 Å². The Kier molecular flexibility index (Phi) is 4.28. The molecule has 1 aliphatic rings. The Morgan fingerprint density at radius 1 is 1.08 bits per heavy atom. The van der Waals surface area contributed by atoms with Crippen molar-refractivity contribution in [3.8, 4) is 10.6 Å². The zero-order chi connectivity index (χ0) is 16.4. The van der Waals surface area contributed by atoms with E-state index in [-0.39, 0.29) is 11.8 Å². The highest BCUT2D eigenvalue weighted by Gasteiger charge is 2.22. The first-order chi connectivity index (χ1) is 11.8. The van der Waals surface area contributed by atoms with E-state index in [0.717, 1.165) is 52.4 Å². The Balaban J connectivity index is 1.63. The smallest absolute Gasteiger partial charge is 0.227 e. The lowest BCUT2D eigenvalue weighted by molar-refractivity contribution is -0.120. The third-order valence-corrected chi connectivity index (χ3v) is 5.49. The van der Waals surface area contributed by atoms with Gasteiger partial charge in [0.25, 0.3) is 0 Å². The van der Waals surface area contributed by atoms with Crippen LogP contribution in [0, 0.1) is 5.92 Å². The molecule has 0 bridgehead atoms. The predicted molar refractivity (Wildman–Crippen MR) is 99.3 cm³/mol. The molecule has 0 aliphatic carbocycles. The van der Waals surface area contributed by atoms with Gasteiger partial charge in [-0.2, -0.15) is 0 Å². The molecule has 24 heavy (non-hydrogen) atoms. The molecule has 1 aromatic heterocycles. The summed E-state index contributed by atoms with van der Waals surface area (Å²) in [5.74, 6) is 0.208. The zero-order valence-electron chi connectivity index (χ0n) is 13.3. The summed E-state index contributed by atoms with van der Waals surface area (Å²) in [5, 5.41) is 7.36. The molecule has 0 spiro atoms. The van der Waals surface area contributed by atoms with Crippen LogP contribution in [0.1, 0.15) is 12.8 Å². The van der Waals surface area contributed by atoms with E-state index in [4.69, 9.17) is 4.98 Å². The third kappa shape index (κ3) is 3.05. The zero-order valence-corrected chi connectivity index (χ0v) is 14.1. The fourth-order valence-corrected chi connectivity index (χ4v) is 4.09. The van der Waals surface area contributed by atoms with Crippen LogP contribution < -0.4 is 10.6 Å². The maximum absolute atomic E-state index is 12.6. The molecular weight excluding hydrogens is 318 g/mol. The van der Waals surface area contributed by atoms with E-state index in [0.29, 0.717) is 0 Å². The van der Waals surface area contributed by atoms with Crippen LogP contribution >= 0.6 is 11.3 Å². The first-order valence-corrected chi connectivity index (χ1v) is 9.09. The summed E-state index contributed by atoms with van der Waals surface area (Å²) in [6.07, 6.45) is 1.80. The van der Waals surface area contributed by atoms with Crippen LogP contribution in [0.3, 0.4) is 0 Å². The fourth-order valence-electron chi connectivity index (χ4n) is 3.08. The number of carbonyl (C=O) groups excluding carboxylic acids is 1. The largest absolute Gasteiger partial charge is 0.325 e. The number of aromatic nitrogens is 1. The Hall–Kier alpha value is -2.24. The number of thiazole rings is 1.